The van der Waals surface area contributed by atoms with Crippen LogP contribution in [-0.4, -0.2) is 27.5 Å². The van der Waals surface area contributed by atoms with Gasteiger partial charge in [-0.15, -0.1) is 0 Å². The third-order valence-corrected chi connectivity index (χ3v) is 2.52. The van der Waals surface area contributed by atoms with Crippen molar-refractivity contribution in [2.24, 2.45) is 0 Å². The molecule has 0 aliphatic rings. The zero-order chi connectivity index (χ0) is 13.1. The van der Waals surface area contributed by atoms with Crippen LogP contribution < -0.4 is 5.32 Å². The Balaban J connectivity index is 2.89. The Labute approximate surface area is 97.7 Å². The van der Waals surface area contributed by atoms with E-state index in [1.54, 1.807) is 6.92 Å². The van der Waals surface area contributed by atoms with Gasteiger partial charge >= 0.3 is 5.97 Å². The Morgan fingerprint density at radius 2 is 2.18 bits per heavy atom. The Bertz CT molecular complexity index is 450. The summed E-state index contributed by atoms with van der Waals surface area (Å²) in [4.78, 5) is 26.0. The minimum absolute atomic E-state index is 0.147. The molecule has 0 radical (unpaired) electrons. The minimum Gasteiger partial charge on any atom is -0.480 e. The molecule has 0 aliphatic heterocycles. The number of carbonyl (C=O) groups is 2. The van der Waals surface area contributed by atoms with Crippen LogP contribution in [0, 0.1) is 5.95 Å². The van der Waals surface area contributed by atoms with Crippen LogP contribution in [0.25, 0.3) is 0 Å². The van der Waals surface area contributed by atoms with Gasteiger partial charge in [0.05, 0.1) is 0 Å². The molecule has 0 fully saturated rings. The lowest BCUT2D eigenvalue weighted by Crippen LogP contribution is -2.51. The van der Waals surface area contributed by atoms with Crippen LogP contribution in [0.1, 0.15) is 30.8 Å². The zero-order valence-corrected chi connectivity index (χ0v) is 9.53. The highest BCUT2D eigenvalue weighted by atomic mass is 19.1. The quantitative estimate of drug-likeness (QED) is 0.775. The smallest absolute Gasteiger partial charge is 0.329 e. The van der Waals surface area contributed by atoms with Crippen molar-refractivity contribution in [1.82, 2.24) is 10.3 Å². The molecule has 1 unspecified atom stereocenters. The molecule has 1 heterocycles. The highest BCUT2D eigenvalue weighted by Crippen LogP contribution is 2.10. The average molecular weight is 240 g/mol. The summed E-state index contributed by atoms with van der Waals surface area (Å²) in [6, 6.07) is 3.75. The van der Waals surface area contributed by atoms with Gasteiger partial charge in [0, 0.05) is 0 Å². The van der Waals surface area contributed by atoms with Gasteiger partial charge < -0.3 is 10.4 Å². The summed E-state index contributed by atoms with van der Waals surface area (Å²) in [6.45, 7) is 3.01. The summed E-state index contributed by atoms with van der Waals surface area (Å²) >= 11 is 0. The number of aromatic nitrogens is 1. The van der Waals surface area contributed by atoms with E-state index in [0.29, 0.717) is 0 Å². The largest absolute Gasteiger partial charge is 0.480 e. The molecule has 1 amide bonds. The average Bonchev–Trinajstić information content (AvgIpc) is 2.28. The van der Waals surface area contributed by atoms with Gasteiger partial charge in [0.2, 0.25) is 5.95 Å². The molecule has 1 aromatic rings. The van der Waals surface area contributed by atoms with Crippen molar-refractivity contribution in [2.45, 2.75) is 25.8 Å². The number of amides is 1. The first-order valence-corrected chi connectivity index (χ1v) is 5.07. The first kappa shape index (κ1) is 13.1. The summed E-state index contributed by atoms with van der Waals surface area (Å²) < 4.78 is 12.8. The predicted molar refractivity (Wildman–Crippen MR) is 58.0 cm³/mol. The highest BCUT2D eigenvalue weighted by Gasteiger charge is 2.33. The number of carboxylic acid groups (broad SMARTS) is 1. The Morgan fingerprint density at radius 3 is 2.65 bits per heavy atom. The molecule has 5 nitrogen and oxygen atoms in total. The zero-order valence-electron chi connectivity index (χ0n) is 9.53. The number of carbonyl (C=O) groups excluding carboxylic acids is 1. The van der Waals surface area contributed by atoms with Gasteiger partial charge in [-0.05, 0) is 25.5 Å². The number of halogens is 1. The maximum atomic E-state index is 12.8. The molecule has 92 valence electrons. The van der Waals surface area contributed by atoms with Gasteiger partial charge in [0.1, 0.15) is 11.2 Å². The van der Waals surface area contributed by atoms with Crippen molar-refractivity contribution in [2.75, 3.05) is 0 Å². The van der Waals surface area contributed by atoms with Gasteiger partial charge in [-0.1, -0.05) is 13.0 Å². The first-order valence-electron chi connectivity index (χ1n) is 5.07. The summed E-state index contributed by atoms with van der Waals surface area (Å²) in [5.74, 6) is -2.65. The van der Waals surface area contributed by atoms with E-state index in [-0.39, 0.29) is 12.1 Å². The molecule has 0 bridgehead atoms. The molecule has 1 rings (SSSR count). The van der Waals surface area contributed by atoms with Crippen molar-refractivity contribution in [3.63, 3.8) is 0 Å². The molecule has 0 saturated carbocycles. The molecule has 1 atom stereocenters. The van der Waals surface area contributed by atoms with E-state index >= 15 is 0 Å². The number of carboxylic acids is 1. The van der Waals surface area contributed by atoms with Crippen LogP contribution in [0.2, 0.25) is 0 Å². The number of rotatable bonds is 4. The first-order chi connectivity index (χ1) is 7.89. The second-order valence-electron chi connectivity index (χ2n) is 3.79. The topological polar surface area (TPSA) is 79.3 Å². The van der Waals surface area contributed by atoms with Crippen LogP contribution in [-0.2, 0) is 4.79 Å². The second kappa shape index (κ2) is 4.90. The van der Waals surface area contributed by atoms with Gasteiger partial charge in [0.25, 0.3) is 5.91 Å². The fourth-order valence-electron chi connectivity index (χ4n) is 1.14. The number of pyridine rings is 1. The van der Waals surface area contributed by atoms with E-state index in [1.807, 2.05) is 0 Å². The standard InChI is InChI=1S/C11H13FN2O3/c1-3-11(2,10(16)17)14-9(15)7-5-4-6-8(12)13-7/h4-6H,3H2,1-2H3,(H,14,15)(H,16,17). The molecule has 1 aromatic heterocycles. The maximum absolute atomic E-state index is 12.8. The Kier molecular flexibility index (Phi) is 3.77. The fourth-order valence-corrected chi connectivity index (χ4v) is 1.14. The lowest BCUT2D eigenvalue weighted by molar-refractivity contribution is -0.143. The van der Waals surface area contributed by atoms with Gasteiger partial charge in [0.15, 0.2) is 0 Å². The van der Waals surface area contributed by atoms with Crippen LogP contribution in [0.15, 0.2) is 18.2 Å². The summed E-state index contributed by atoms with van der Waals surface area (Å²) in [5, 5.41) is 11.3. The maximum Gasteiger partial charge on any atom is 0.329 e. The molecule has 0 aromatic carbocycles. The third-order valence-electron chi connectivity index (χ3n) is 2.52. The molecule has 0 saturated heterocycles. The molecular weight excluding hydrogens is 227 g/mol. The molecule has 6 heteroatoms. The van der Waals surface area contributed by atoms with Crippen molar-refractivity contribution >= 4 is 11.9 Å². The van der Waals surface area contributed by atoms with E-state index in [1.165, 1.54) is 19.1 Å². The lowest BCUT2D eigenvalue weighted by Gasteiger charge is -2.24. The van der Waals surface area contributed by atoms with E-state index in [2.05, 4.69) is 10.3 Å². The normalized spacial score (nSPS) is 13.8. The molecule has 0 aliphatic carbocycles. The Hall–Kier alpha value is -1.98. The van der Waals surface area contributed by atoms with E-state index in [9.17, 15) is 14.0 Å². The van der Waals surface area contributed by atoms with Gasteiger partial charge in [-0.25, -0.2) is 9.78 Å². The summed E-state index contributed by atoms with van der Waals surface area (Å²) in [6.07, 6.45) is 0.212. The Morgan fingerprint density at radius 1 is 1.53 bits per heavy atom. The summed E-state index contributed by atoms with van der Waals surface area (Å²) in [7, 11) is 0. The van der Waals surface area contributed by atoms with Crippen LogP contribution >= 0.6 is 0 Å². The second-order valence-corrected chi connectivity index (χ2v) is 3.79. The number of hydrogen-bond acceptors (Lipinski definition) is 3. The fraction of sp³-hybridized carbons (Fsp3) is 0.364. The van der Waals surface area contributed by atoms with Crippen LogP contribution in [0.5, 0.6) is 0 Å². The van der Waals surface area contributed by atoms with E-state index in [4.69, 9.17) is 5.11 Å². The van der Waals surface area contributed by atoms with Crippen molar-refractivity contribution in [3.8, 4) is 0 Å². The monoisotopic (exact) mass is 240 g/mol. The van der Waals surface area contributed by atoms with E-state index in [0.717, 1.165) is 6.07 Å². The molecule has 17 heavy (non-hydrogen) atoms. The number of nitrogens with zero attached hydrogens (tertiary/aromatic N) is 1. The van der Waals surface area contributed by atoms with Gasteiger partial charge in [-0.3, -0.25) is 4.79 Å². The molecule has 0 spiro atoms. The van der Waals surface area contributed by atoms with Crippen LogP contribution in [0.3, 0.4) is 0 Å². The predicted octanol–water partition coefficient (Wildman–Crippen LogP) is 1.20. The minimum atomic E-state index is -1.38. The number of hydrogen-bond donors (Lipinski definition) is 2. The SMILES string of the molecule is CCC(C)(NC(=O)c1cccc(F)n1)C(=O)O. The molecule has 2 N–H and O–H groups in total. The summed E-state index contributed by atoms with van der Waals surface area (Å²) in [5.41, 5.74) is -1.53. The van der Waals surface area contributed by atoms with Crippen molar-refractivity contribution < 1.29 is 19.1 Å². The lowest BCUT2D eigenvalue weighted by atomic mass is 9.99. The third kappa shape index (κ3) is 2.99. The van der Waals surface area contributed by atoms with Crippen molar-refractivity contribution in [1.29, 1.82) is 0 Å². The molecular formula is C11H13FN2O3. The number of aliphatic carboxylic acids is 1. The van der Waals surface area contributed by atoms with Crippen LogP contribution in [0.4, 0.5) is 4.39 Å². The van der Waals surface area contributed by atoms with Crippen molar-refractivity contribution in [3.05, 3.63) is 29.8 Å². The highest BCUT2D eigenvalue weighted by molar-refractivity contribution is 5.96. The van der Waals surface area contributed by atoms with Gasteiger partial charge in [-0.2, -0.15) is 4.39 Å². The number of nitrogens with one attached hydrogen (secondary N) is 1. The van der Waals surface area contributed by atoms with E-state index < -0.39 is 23.4 Å².